The van der Waals surface area contributed by atoms with Crippen LogP contribution in [0.1, 0.15) is 44.3 Å². The van der Waals surface area contributed by atoms with Crippen molar-refractivity contribution in [3.05, 3.63) is 16.1 Å². The van der Waals surface area contributed by atoms with Gasteiger partial charge in [-0.05, 0) is 38.8 Å². The van der Waals surface area contributed by atoms with Gasteiger partial charge in [0.15, 0.2) is 0 Å². The Kier molecular flexibility index (Phi) is 7.10. The molecule has 1 unspecified atom stereocenters. The topological polar surface area (TPSA) is 37.4 Å². The molecular formula is C16H29N3OS. The number of hydrogen-bond donors (Lipinski definition) is 1. The maximum atomic E-state index is 5.76. The summed E-state index contributed by atoms with van der Waals surface area (Å²) >= 11 is 1.77. The van der Waals surface area contributed by atoms with Gasteiger partial charge in [-0.3, -0.25) is 4.90 Å². The highest BCUT2D eigenvalue weighted by molar-refractivity contribution is 7.09. The van der Waals surface area contributed by atoms with Gasteiger partial charge in [-0.15, -0.1) is 11.3 Å². The minimum Gasteiger partial charge on any atom is -0.377 e. The Bertz CT molecular complexity index is 406. The van der Waals surface area contributed by atoms with Crippen molar-refractivity contribution in [1.29, 1.82) is 0 Å². The van der Waals surface area contributed by atoms with E-state index >= 15 is 0 Å². The van der Waals surface area contributed by atoms with Gasteiger partial charge in [0.05, 0.1) is 11.8 Å². The van der Waals surface area contributed by atoms with Gasteiger partial charge in [-0.25, -0.2) is 4.98 Å². The molecule has 1 aliphatic rings. The molecule has 1 aliphatic heterocycles. The van der Waals surface area contributed by atoms with Crippen LogP contribution in [0.5, 0.6) is 0 Å². The van der Waals surface area contributed by atoms with Crippen molar-refractivity contribution in [2.45, 2.75) is 52.8 Å². The molecule has 2 rings (SSSR count). The van der Waals surface area contributed by atoms with E-state index in [2.05, 4.69) is 36.4 Å². The molecule has 0 aliphatic carbocycles. The standard InChI is InChI=1S/C16H29N3OS/c1-4-20-15-6-5-7-19(11-15)10-14-12-21-16(18-14)9-17-8-13(2)3/h12-13,15,17H,4-11H2,1-3H3. The number of hydrogen-bond acceptors (Lipinski definition) is 5. The van der Waals surface area contributed by atoms with Crippen LogP contribution in [0.25, 0.3) is 0 Å². The molecule has 0 saturated carbocycles. The van der Waals surface area contributed by atoms with Gasteiger partial charge in [0, 0.05) is 31.6 Å². The van der Waals surface area contributed by atoms with E-state index in [0.717, 1.165) is 32.8 Å². The molecule has 0 bridgehead atoms. The fourth-order valence-electron chi connectivity index (χ4n) is 2.73. The van der Waals surface area contributed by atoms with Crippen LogP contribution in [0.15, 0.2) is 5.38 Å². The molecule has 1 aromatic heterocycles. The van der Waals surface area contributed by atoms with Crippen LogP contribution in [0.2, 0.25) is 0 Å². The molecule has 1 atom stereocenters. The average molecular weight is 311 g/mol. The van der Waals surface area contributed by atoms with E-state index in [9.17, 15) is 0 Å². The first-order valence-corrected chi connectivity index (χ1v) is 9.03. The first-order valence-electron chi connectivity index (χ1n) is 8.15. The van der Waals surface area contributed by atoms with E-state index in [-0.39, 0.29) is 0 Å². The normalized spacial score (nSPS) is 20.3. The van der Waals surface area contributed by atoms with Gasteiger partial charge in [-0.2, -0.15) is 0 Å². The highest BCUT2D eigenvalue weighted by Crippen LogP contribution is 2.17. The molecule has 0 amide bonds. The van der Waals surface area contributed by atoms with Crippen molar-refractivity contribution in [3.63, 3.8) is 0 Å². The van der Waals surface area contributed by atoms with E-state index < -0.39 is 0 Å². The van der Waals surface area contributed by atoms with Crippen LogP contribution in [0.4, 0.5) is 0 Å². The van der Waals surface area contributed by atoms with E-state index in [4.69, 9.17) is 9.72 Å². The number of nitrogens with one attached hydrogen (secondary N) is 1. The van der Waals surface area contributed by atoms with Crippen LogP contribution in [-0.4, -0.2) is 42.2 Å². The second-order valence-electron chi connectivity index (χ2n) is 6.21. The largest absolute Gasteiger partial charge is 0.377 e. The van der Waals surface area contributed by atoms with E-state index in [1.54, 1.807) is 11.3 Å². The SMILES string of the molecule is CCOC1CCCN(Cc2csc(CNCC(C)C)n2)C1. The Balaban J connectivity index is 1.76. The van der Waals surface area contributed by atoms with Crippen LogP contribution >= 0.6 is 11.3 Å². The van der Waals surface area contributed by atoms with Gasteiger partial charge < -0.3 is 10.1 Å². The lowest BCUT2D eigenvalue weighted by Crippen LogP contribution is -2.39. The molecule has 21 heavy (non-hydrogen) atoms. The predicted molar refractivity (Wildman–Crippen MR) is 88.6 cm³/mol. The lowest BCUT2D eigenvalue weighted by Gasteiger charge is -2.31. The number of piperidine rings is 1. The summed E-state index contributed by atoms with van der Waals surface area (Å²) in [6, 6.07) is 0. The van der Waals surface area contributed by atoms with Gasteiger partial charge >= 0.3 is 0 Å². The quantitative estimate of drug-likeness (QED) is 0.801. The number of nitrogens with zero attached hydrogens (tertiary/aromatic N) is 2. The van der Waals surface area contributed by atoms with Crippen molar-refractivity contribution in [3.8, 4) is 0 Å². The number of aromatic nitrogens is 1. The van der Waals surface area contributed by atoms with Crippen molar-refractivity contribution in [2.75, 3.05) is 26.2 Å². The lowest BCUT2D eigenvalue weighted by atomic mass is 10.1. The zero-order valence-electron chi connectivity index (χ0n) is 13.6. The highest BCUT2D eigenvalue weighted by Gasteiger charge is 2.20. The summed E-state index contributed by atoms with van der Waals surface area (Å²) in [6.07, 6.45) is 2.85. The summed E-state index contributed by atoms with van der Waals surface area (Å²) in [5, 5.41) is 6.86. The fourth-order valence-corrected chi connectivity index (χ4v) is 3.48. The van der Waals surface area contributed by atoms with Gasteiger partial charge in [0.25, 0.3) is 0 Å². The van der Waals surface area contributed by atoms with Gasteiger partial charge in [0.1, 0.15) is 5.01 Å². The predicted octanol–water partition coefficient (Wildman–Crippen LogP) is 2.89. The molecule has 1 N–H and O–H groups in total. The maximum absolute atomic E-state index is 5.76. The molecule has 2 heterocycles. The number of ether oxygens (including phenoxy) is 1. The highest BCUT2D eigenvalue weighted by atomic mass is 32.1. The number of thiazole rings is 1. The van der Waals surface area contributed by atoms with Crippen molar-refractivity contribution in [1.82, 2.24) is 15.2 Å². The molecule has 1 saturated heterocycles. The fraction of sp³-hybridized carbons (Fsp3) is 0.812. The molecule has 1 aromatic rings. The second kappa shape index (κ2) is 8.83. The van der Waals surface area contributed by atoms with Crippen LogP contribution in [0, 0.1) is 5.92 Å². The summed E-state index contributed by atoms with van der Waals surface area (Å²) in [5.41, 5.74) is 1.21. The molecule has 0 aromatic carbocycles. The summed E-state index contributed by atoms with van der Waals surface area (Å²) in [6.45, 7) is 12.5. The Morgan fingerprint density at radius 3 is 3.14 bits per heavy atom. The van der Waals surface area contributed by atoms with Gasteiger partial charge in [0.2, 0.25) is 0 Å². The van der Waals surface area contributed by atoms with Gasteiger partial charge in [-0.1, -0.05) is 13.8 Å². The lowest BCUT2D eigenvalue weighted by molar-refractivity contribution is 0.00335. The molecule has 0 radical (unpaired) electrons. The summed E-state index contributed by atoms with van der Waals surface area (Å²) in [4.78, 5) is 7.22. The Morgan fingerprint density at radius 2 is 2.38 bits per heavy atom. The summed E-state index contributed by atoms with van der Waals surface area (Å²) < 4.78 is 5.76. The van der Waals surface area contributed by atoms with E-state index in [1.807, 2.05) is 0 Å². The van der Waals surface area contributed by atoms with Crippen molar-refractivity contribution < 1.29 is 4.74 Å². The van der Waals surface area contributed by atoms with Crippen LogP contribution in [-0.2, 0) is 17.8 Å². The Morgan fingerprint density at radius 1 is 1.52 bits per heavy atom. The molecule has 5 heteroatoms. The third-order valence-electron chi connectivity index (χ3n) is 3.68. The van der Waals surface area contributed by atoms with Crippen molar-refractivity contribution in [2.24, 2.45) is 5.92 Å². The number of likely N-dealkylation sites (tertiary alicyclic amines) is 1. The molecule has 1 fully saturated rings. The average Bonchev–Trinajstić information content (AvgIpc) is 2.87. The molecular weight excluding hydrogens is 282 g/mol. The first-order chi connectivity index (χ1) is 10.2. The van der Waals surface area contributed by atoms with E-state index in [0.29, 0.717) is 12.0 Å². The minimum atomic E-state index is 0.412. The van der Waals surface area contributed by atoms with Crippen LogP contribution < -0.4 is 5.32 Å². The second-order valence-corrected chi connectivity index (χ2v) is 7.15. The molecule has 4 nitrogen and oxygen atoms in total. The third kappa shape index (κ3) is 6.02. The summed E-state index contributed by atoms with van der Waals surface area (Å²) in [5.74, 6) is 0.688. The zero-order valence-corrected chi connectivity index (χ0v) is 14.4. The molecule has 0 spiro atoms. The molecule has 120 valence electrons. The first kappa shape index (κ1) is 16.9. The Labute approximate surface area is 132 Å². The monoisotopic (exact) mass is 311 g/mol. The third-order valence-corrected chi connectivity index (χ3v) is 4.58. The Hall–Kier alpha value is -0.490. The smallest absolute Gasteiger partial charge is 0.107 e. The van der Waals surface area contributed by atoms with E-state index in [1.165, 1.54) is 30.1 Å². The summed E-state index contributed by atoms with van der Waals surface area (Å²) in [7, 11) is 0. The number of rotatable bonds is 8. The van der Waals surface area contributed by atoms with Crippen molar-refractivity contribution >= 4 is 11.3 Å². The maximum Gasteiger partial charge on any atom is 0.107 e. The minimum absolute atomic E-state index is 0.412. The van der Waals surface area contributed by atoms with Crippen LogP contribution in [0.3, 0.4) is 0 Å². The zero-order chi connectivity index (χ0) is 15.1.